The zero-order valence-electron chi connectivity index (χ0n) is 18.9. The third-order valence-corrected chi connectivity index (χ3v) is 8.73. The first-order valence-electron chi connectivity index (χ1n) is 12.1. The Kier molecular flexibility index (Phi) is 4.66. The minimum absolute atomic E-state index is 0.0128. The van der Waals surface area contributed by atoms with E-state index in [9.17, 15) is 4.79 Å². The smallest absolute Gasteiger partial charge is 0.354 e. The number of hydrogen-bond donors (Lipinski definition) is 1. The molecule has 0 heterocycles. The van der Waals surface area contributed by atoms with E-state index in [1.807, 2.05) is 0 Å². The summed E-state index contributed by atoms with van der Waals surface area (Å²) in [6, 6.07) is 0. The summed E-state index contributed by atoms with van der Waals surface area (Å²) in [5.74, 6) is -0.00324. The van der Waals surface area contributed by atoms with E-state index in [1.54, 1.807) is 0 Å². The van der Waals surface area contributed by atoms with Gasteiger partial charge in [0.05, 0.1) is 22.4 Å². The quantitative estimate of drug-likeness (QED) is 0.491. The molecule has 0 aromatic heterocycles. The fourth-order valence-electron chi connectivity index (χ4n) is 8.28. The Morgan fingerprint density at radius 1 is 0.800 bits per heavy atom. The van der Waals surface area contributed by atoms with Crippen LogP contribution in [0.15, 0.2) is 12.3 Å². The lowest BCUT2D eigenvalue weighted by atomic mass is 9.50. The monoisotopic (exact) mass is 417 g/mol. The second-order valence-corrected chi connectivity index (χ2v) is 12.0. The molecule has 2 unspecified atom stereocenters. The van der Waals surface area contributed by atoms with Gasteiger partial charge in [0.2, 0.25) is 0 Å². The van der Waals surface area contributed by atoms with Gasteiger partial charge in [-0.15, -0.1) is 0 Å². The Labute approximate surface area is 181 Å². The van der Waals surface area contributed by atoms with Crippen molar-refractivity contribution in [1.82, 2.24) is 0 Å². The number of esters is 1. The van der Waals surface area contributed by atoms with Gasteiger partial charge < -0.3 is 19.9 Å². The number of carbonyl (C=O) groups is 1. The van der Waals surface area contributed by atoms with Gasteiger partial charge in [-0.1, -0.05) is 32.3 Å². The molecule has 6 saturated carbocycles. The van der Waals surface area contributed by atoms with E-state index in [4.69, 9.17) is 19.9 Å². The number of carbonyl (C=O) groups excluding carboxylic acids is 1. The van der Waals surface area contributed by atoms with Gasteiger partial charge in [0.25, 0.3) is 0 Å². The Bertz CT molecular complexity index is 693. The van der Waals surface area contributed by atoms with Crippen LogP contribution in [-0.2, 0) is 19.0 Å². The Balaban J connectivity index is 1.48. The Hall–Kier alpha value is -1.07. The first-order valence-corrected chi connectivity index (χ1v) is 12.1. The van der Waals surface area contributed by atoms with E-state index in [1.165, 1.54) is 25.7 Å². The standard InChI is InChI=1S/C25H39NO4/c1-18(26)20(27)28-23-12-19-13-24(15-23,29-21(2)8-4-5-9-21)17-25(14-19,16-23)30-22(3)10-6-7-11-22/h19H,1,4-17,26H2,2-3H3. The molecule has 5 nitrogen and oxygen atoms in total. The van der Waals surface area contributed by atoms with Gasteiger partial charge in [0.1, 0.15) is 11.3 Å². The molecule has 2 atom stereocenters. The van der Waals surface area contributed by atoms with Crippen LogP contribution in [0.1, 0.15) is 104 Å². The minimum atomic E-state index is -0.539. The van der Waals surface area contributed by atoms with E-state index in [0.29, 0.717) is 5.92 Å². The lowest BCUT2D eigenvalue weighted by Gasteiger charge is -2.66. The van der Waals surface area contributed by atoms with Crippen LogP contribution in [0.25, 0.3) is 0 Å². The van der Waals surface area contributed by atoms with Crippen molar-refractivity contribution < 1.29 is 19.0 Å². The van der Waals surface area contributed by atoms with Gasteiger partial charge in [0, 0.05) is 19.3 Å². The van der Waals surface area contributed by atoms with Gasteiger partial charge in [-0.2, -0.15) is 0 Å². The summed E-state index contributed by atoms with van der Waals surface area (Å²) in [4.78, 5) is 12.5. The number of hydrogen-bond acceptors (Lipinski definition) is 5. The van der Waals surface area contributed by atoms with Crippen LogP contribution < -0.4 is 5.73 Å². The van der Waals surface area contributed by atoms with Crippen LogP contribution >= 0.6 is 0 Å². The minimum Gasteiger partial charge on any atom is -0.454 e. The van der Waals surface area contributed by atoms with Crippen LogP contribution in [0.5, 0.6) is 0 Å². The van der Waals surface area contributed by atoms with Crippen molar-refractivity contribution in [1.29, 1.82) is 0 Å². The second kappa shape index (κ2) is 6.71. The molecule has 5 heteroatoms. The molecule has 0 aliphatic heterocycles. The van der Waals surface area contributed by atoms with E-state index in [0.717, 1.165) is 64.2 Å². The summed E-state index contributed by atoms with van der Waals surface area (Å²) in [5.41, 5.74) is 4.51. The topological polar surface area (TPSA) is 70.8 Å². The average molecular weight is 418 g/mol. The van der Waals surface area contributed by atoms with Crippen LogP contribution in [0.4, 0.5) is 0 Å². The first-order chi connectivity index (χ1) is 14.1. The highest BCUT2D eigenvalue weighted by molar-refractivity contribution is 5.87. The van der Waals surface area contributed by atoms with Crippen molar-refractivity contribution >= 4 is 5.97 Å². The molecule has 0 spiro atoms. The summed E-state index contributed by atoms with van der Waals surface area (Å²) < 4.78 is 20.3. The summed E-state index contributed by atoms with van der Waals surface area (Å²) >= 11 is 0. The molecule has 6 rings (SSSR count). The van der Waals surface area contributed by atoms with E-state index < -0.39 is 11.6 Å². The van der Waals surface area contributed by atoms with E-state index in [-0.39, 0.29) is 28.1 Å². The van der Waals surface area contributed by atoms with Crippen LogP contribution in [0.3, 0.4) is 0 Å². The summed E-state index contributed by atoms with van der Waals surface area (Å²) in [7, 11) is 0. The lowest BCUT2D eigenvalue weighted by Crippen LogP contribution is -2.70. The first kappa shape index (κ1) is 20.8. The van der Waals surface area contributed by atoms with Gasteiger partial charge in [-0.05, 0) is 64.7 Å². The fraction of sp³-hybridized carbons (Fsp3) is 0.880. The number of ether oxygens (including phenoxy) is 3. The third-order valence-electron chi connectivity index (χ3n) is 8.73. The summed E-state index contributed by atoms with van der Waals surface area (Å²) in [6.07, 6.45) is 14.9. The van der Waals surface area contributed by atoms with Crippen molar-refractivity contribution in [3.8, 4) is 0 Å². The number of rotatable bonds is 6. The lowest BCUT2D eigenvalue weighted by molar-refractivity contribution is -0.319. The molecule has 0 aromatic carbocycles. The van der Waals surface area contributed by atoms with E-state index in [2.05, 4.69) is 20.4 Å². The third kappa shape index (κ3) is 3.60. The molecular weight excluding hydrogens is 378 g/mol. The maximum atomic E-state index is 12.5. The summed E-state index contributed by atoms with van der Waals surface area (Å²) in [6.45, 7) is 8.18. The molecule has 6 fully saturated rings. The molecular formula is C25H39NO4. The molecule has 2 N–H and O–H groups in total. The molecule has 30 heavy (non-hydrogen) atoms. The highest BCUT2D eigenvalue weighted by atomic mass is 16.6. The molecule has 0 saturated heterocycles. The largest absolute Gasteiger partial charge is 0.454 e. The second-order valence-electron chi connectivity index (χ2n) is 12.0. The molecule has 0 aromatic rings. The predicted molar refractivity (Wildman–Crippen MR) is 115 cm³/mol. The van der Waals surface area contributed by atoms with Gasteiger partial charge in [-0.25, -0.2) is 4.79 Å². The van der Waals surface area contributed by atoms with Crippen molar-refractivity contribution in [2.45, 2.75) is 132 Å². The Morgan fingerprint density at radius 3 is 1.63 bits per heavy atom. The molecule has 6 aliphatic rings. The van der Waals surface area contributed by atoms with Crippen LogP contribution in [0.2, 0.25) is 0 Å². The van der Waals surface area contributed by atoms with Gasteiger partial charge in [0.15, 0.2) is 0 Å². The highest BCUT2D eigenvalue weighted by Crippen LogP contribution is 2.65. The van der Waals surface area contributed by atoms with Crippen LogP contribution in [-0.4, -0.2) is 34.0 Å². The molecule has 0 radical (unpaired) electrons. The maximum Gasteiger partial charge on any atom is 0.354 e. The highest BCUT2D eigenvalue weighted by Gasteiger charge is 2.68. The van der Waals surface area contributed by atoms with Crippen molar-refractivity contribution in [3.05, 3.63) is 12.3 Å². The zero-order chi connectivity index (χ0) is 21.3. The SMILES string of the molecule is C=C(N)C(=O)OC12CC3CC(OC4(C)CCCC4)(C1)CC(OC1(C)CCCC1)(C3)C2. The van der Waals surface area contributed by atoms with Gasteiger partial charge in [-0.3, -0.25) is 0 Å². The molecule has 0 amide bonds. The molecule has 6 aliphatic carbocycles. The fourth-order valence-corrected chi connectivity index (χ4v) is 8.28. The van der Waals surface area contributed by atoms with Crippen molar-refractivity contribution in [2.75, 3.05) is 0 Å². The average Bonchev–Trinajstić information content (AvgIpc) is 3.20. The maximum absolute atomic E-state index is 12.5. The van der Waals surface area contributed by atoms with Crippen LogP contribution in [0, 0.1) is 5.92 Å². The van der Waals surface area contributed by atoms with Crippen molar-refractivity contribution in [2.24, 2.45) is 11.7 Å². The zero-order valence-corrected chi connectivity index (χ0v) is 18.9. The van der Waals surface area contributed by atoms with Crippen molar-refractivity contribution in [3.63, 3.8) is 0 Å². The normalized spacial score (nSPS) is 43.1. The predicted octanol–water partition coefficient (Wildman–Crippen LogP) is 4.91. The Morgan fingerprint density at radius 2 is 1.20 bits per heavy atom. The summed E-state index contributed by atoms with van der Waals surface area (Å²) in [5, 5.41) is 0. The van der Waals surface area contributed by atoms with E-state index >= 15 is 0 Å². The molecule has 4 bridgehead atoms. The van der Waals surface area contributed by atoms with Gasteiger partial charge >= 0.3 is 5.97 Å². The number of nitrogens with two attached hydrogens (primary N) is 1. The molecule has 168 valence electrons.